The molecule has 106 valence electrons. The number of ether oxygens (including phenoxy) is 1. The molecule has 1 fully saturated rings. The molecule has 0 bridgehead atoms. The third-order valence-corrected chi connectivity index (χ3v) is 3.70. The summed E-state index contributed by atoms with van der Waals surface area (Å²) in [4.78, 5) is 0. The van der Waals surface area contributed by atoms with Crippen LogP contribution in [0.5, 0.6) is 5.75 Å². The van der Waals surface area contributed by atoms with Crippen LogP contribution in [-0.2, 0) is 0 Å². The quantitative estimate of drug-likeness (QED) is 0.755. The number of hydrogen-bond acceptors (Lipinski definition) is 1. The van der Waals surface area contributed by atoms with Crippen LogP contribution in [0.25, 0.3) is 0 Å². The largest absolute Gasteiger partial charge is 0.513 e. The average molecular weight is 271 g/mol. The Labute approximate surface area is 112 Å². The van der Waals surface area contributed by atoms with Gasteiger partial charge in [0.25, 0.3) is 0 Å². The van der Waals surface area contributed by atoms with Crippen molar-refractivity contribution in [3.8, 4) is 5.75 Å². The molecule has 0 spiro atoms. The van der Waals surface area contributed by atoms with Gasteiger partial charge in [-0.3, -0.25) is 0 Å². The zero-order valence-corrected chi connectivity index (χ0v) is 11.3. The summed E-state index contributed by atoms with van der Waals surface area (Å²) in [5.74, 6) is 0.529. The van der Waals surface area contributed by atoms with Gasteiger partial charge in [0, 0.05) is 0 Å². The highest BCUT2D eigenvalue weighted by Crippen LogP contribution is 2.28. The van der Waals surface area contributed by atoms with E-state index in [1.807, 2.05) is 0 Å². The lowest BCUT2D eigenvalue weighted by atomic mass is 9.78. The lowest BCUT2D eigenvalue weighted by Crippen LogP contribution is -2.37. The van der Waals surface area contributed by atoms with E-state index < -0.39 is 12.4 Å². The zero-order valence-electron chi connectivity index (χ0n) is 11.3. The molecule has 5 heteroatoms. The van der Waals surface area contributed by atoms with Gasteiger partial charge in [-0.15, -0.1) is 0 Å². The van der Waals surface area contributed by atoms with Gasteiger partial charge in [0.1, 0.15) is 0 Å². The van der Waals surface area contributed by atoms with E-state index in [1.54, 1.807) is 13.0 Å². The second-order valence-corrected chi connectivity index (χ2v) is 5.63. The lowest BCUT2D eigenvalue weighted by molar-refractivity contribution is 0.130. The van der Waals surface area contributed by atoms with E-state index in [0.717, 1.165) is 25.7 Å². The molecule has 1 aliphatic carbocycles. The van der Waals surface area contributed by atoms with Gasteiger partial charge in [-0.2, -0.15) is 0 Å². The van der Waals surface area contributed by atoms with E-state index in [-0.39, 0.29) is 11.9 Å². The fourth-order valence-corrected chi connectivity index (χ4v) is 2.70. The van der Waals surface area contributed by atoms with Gasteiger partial charge < -0.3 is 17.7 Å². The van der Waals surface area contributed by atoms with Crippen molar-refractivity contribution >= 4 is 12.4 Å². The molecule has 1 aliphatic rings. The first kappa shape index (κ1) is 14.3. The second kappa shape index (κ2) is 5.47. The van der Waals surface area contributed by atoms with Gasteiger partial charge >= 0.3 is 6.98 Å². The van der Waals surface area contributed by atoms with Crippen molar-refractivity contribution in [2.45, 2.75) is 45.6 Å². The molecule has 1 aromatic carbocycles. The Bertz CT molecular complexity index is 445. The van der Waals surface area contributed by atoms with E-state index >= 15 is 0 Å². The summed E-state index contributed by atoms with van der Waals surface area (Å²) >= 11 is 0. The van der Waals surface area contributed by atoms with Gasteiger partial charge in [-0.1, -0.05) is 36.5 Å². The molecule has 2 rings (SSSR count). The molecule has 19 heavy (non-hydrogen) atoms. The SMILES string of the molecule is Cc1ccc(OC2CCCC(C)C2)c([B-](F)(F)F)c1. The second-order valence-electron chi connectivity index (χ2n) is 5.63. The van der Waals surface area contributed by atoms with E-state index in [2.05, 4.69) is 6.92 Å². The van der Waals surface area contributed by atoms with Crippen LogP contribution in [-0.4, -0.2) is 13.1 Å². The Morgan fingerprint density at radius 1 is 1.21 bits per heavy atom. The van der Waals surface area contributed by atoms with E-state index in [1.165, 1.54) is 12.1 Å². The maximum Gasteiger partial charge on any atom is 0.513 e. The van der Waals surface area contributed by atoms with Crippen molar-refractivity contribution in [2.24, 2.45) is 5.92 Å². The van der Waals surface area contributed by atoms with Crippen molar-refractivity contribution in [3.05, 3.63) is 23.8 Å². The monoisotopic (exact) mass is 271 g/mol. The van der Waals surface area contributed by atoms with Crippen molar-refractivity contribution in [1.82, 2.24) is 0 Å². The molecule has 0 saturated heterocycles. The minimum atomic E-state index is -5.02. The summed E-state index contributed by atoms with van der Waals surface area (Å²) in [5.41, 5.74) is 0.0109. The smallest absolute Gasteiger partial charge is 0.493 e. The van der Waals surface area contributed by atoms with Crippen LogP contribution in [0.15, 0.2) is 18.2 Å². The molecule has 0 amide bonds. The maximum atomic E-state index is 13.0. The Balaban J connectivity index is 2.20. The molecule has 0 radical (unpaired) electrons. The van der Waals surface area contributed by atoms with Crippen LogP contribution in [0.3, 0.4) is 0 Å². The minimum absolute atomic E-state index is 0.00259. The summed E-state index contributed by atoms with van der Waals surface area (Å²) in [7, 11) is 0. The van der Waals surface area contributed by atoms with Gasteiger partial charge in [0.15, 0.2) is 0 Å². The summed E-state index contributed by atoms with van der Waals surface area (Å²) in [5, 5.41) is 0. The Hall–Kier alpha value is -1.13. The highest BCUT2D eigenvalue weighted by atomic mass is 19.4. The van der Waals surface area contributed by atoms with Crippen LogP contribution >= 0.6 is 0 Å². The summed E-state index contributed by atoms with van der Waals surface area (Å²) in [6.45, 7) is -1.24. The fraction of sp³-hybridized carbons (Fsp3) is 0.571. The number of aryl methyl sites for hydroxylation is 1. The van der Waals surface area contributed by atoms with E-state index in [4.69, 9.17) is 4.74 Å². The Morgan fingerprint density at radius 3 is 2.58 bits per heavy atom. The van der Waals surface area contributed by atoms with Crippen molar-refractivity contribution in [3.63, 3.8) is 0 Å². The van der Waals surface area contributed by atoms with Crippen LogP contribution in [0.4, 0.5) is 12.9 Å². The standard InChI is InChI=1S/C14H19BF3O/c1-10-4-3-5-12(8-10)19-14-7-6-11(2)9-13(14)15(16,17)18/h6-7,9-10,12H,3-5,8H2,1-2H3/q-1. The fourth-order valence-electron chi connectivity index (χ4n) is 2.70. The van der Waals surface area contributed by atoms with Gasteiger partial charge in [0.05, 0.1) is 11.9 Å². The van der Waals surface area contributed by atoms with Crippen LogP contribution in [0.2, 0.25) is 0 Å². The van der Waals surface area contributed by atoms with Crippen LogP contribution in [0.1, 0.15) is 38.2 Å². The number of benzene rings is 1. The van der Waals surface area contributed by atoms with E-state index in [9.17, 15) is 12.9 Å². The molecular formula is C14H19BF3O-. The maximum absolute atomic E-state index is 13.0. The lowest BCUT2D eigenvalue weighted by Gasteiger charge is -2.30. The number of rotatable bonds is 3. The van der Waals surface area contributed by atoms with Crippen molar-refractivity contribution in [1.29, 1.82) is 0 Å². The number of hydrogen-bond donors (Lipinski definition) is 0. The third kappa shape index (κ3) is 3.67. The van der Waals surface area contributed by atoms with Crippen LogP contribution < -0.4 is 10.2 Å². The van der Waals surface area contributed by atoms with Crippen molar-refractivity contribution < 1.29 is 17.7 Å². The number of halogens is 3. The normalized spacial score (nSPS) is 24.3. The Morgan fingerprint density at radius 2 is 1.95 bits per heavy atom. The summed E-state index contributed by atoms with van der Waals surface area (Å²) < 4.78 is 44.8. The molecule has 0 heterocycles. The van der Waals surface area contributed by atoms with E-state index in [0.29, 0.717) is 11.5 Å². The van der Waals surface area contributed by atoms with Gasteiger partial charge in [-0.25, -0.2) is 0 Å². The Kier molecular flexibility index (Phi) is 4.12. The first-order valence-electron chi connectivity index (χ1n) is 6.83. The van der Waals surface area contributed by atoms with Gasteiger partial charge in [-0.05, 0) is 38.2 Å². The van der Waals surface area contributed by atoms with Crippen molar-refractivity contribution in [2.75, 3.05) is 0 Å². The molecule has 0 aromatic heterocycles. The molecule has 2 atom stereocenters. The molecule has 1 nitrogen and oxygen atoms in total. The summed E-state index contributed by atoms with van der Waals surface area (Å²) in [6, 6.07) is 4.31. The summed E-state index contributed by atoms with van der Waals surface area (Å²) in [6.07, 6.45) is 3.79. The first-order chi connectivity index (χ1) is 8.86. The minimum Gasteiger partial charge on any atom is -0.493 e. The molecule has 1 saturated carbocycles. The molecule has 2 unspecified atom stereocenters. The predicted molar refractivity (Wildman–Crippen MR) is 71.9 cm³/mol. The molecule has 0 aliphatic heterocycles. The first-order valence-corrected chi connectivity index (χ1v) is 6.83. The topological polar surface area (TPSA) is 9.23 Å². The van der Waals surface area contributed by atoms with Crippen LogP contribution in [0, 0.1) is 12.8 Å². The van der Waals surface area contributed by atoms with Gasteiger partial charge in [0.2, 0.25) is 0 Å². The third-order valence-electron chi connectivity index (χ3n) is 3.70. The molecule has 1 aromatic rings. The zero-order chi connectivity index (χ0) is 14.0. The molecular weight excluding hydrogens is 252 g/mol. The molecule has 0 N–H and O–H groups in total. The highest BCUT2D eigenvalue weighted by Gasteiger charge is 2.30. The average Bonchev–Trinajstić information content (AvgIpc) is 2.30. The highest BCUT2D eigenvalue weighted by molar-refractivity contribution is 6.74. The predicted octanol–water partition coefficient (Wildman–Crippen LogP) is 4.01.